The highest BCUT2D eigenvalue weighted by Crippen LogP contribution is 2.24. The summed E-state index contributed by atoms with van der Waals surface area (Å²) in [5.41, 5.74) is -1.42. The van der Waals surface area contributed by atoms with Gasteiger partial charge in [-0.2, -0.15) is 13.2 Å². The third kappa shape index (κ3) is 12.5. The molecule has 0 aliphatic rings. The fourth-order valence-electron chi connectivity index (χ4n) is 0.591. The summed E-state index contributed by atoms with van der Waals surface area (Å²) < 4.78 is 39.7. The SMILES string of the molecule is C=C(C(=O)OCCCC(=O)O)C(F)(F)F.C=C(C)C(=O)O. The molecule has 0 radical (unpaired) electrons. The van der Waals surface area contributed by atoms with Crippen LogP contribution in [-0.4, -0.2) is 40.9 Å². The van der Waals surface area contributed by atoms with Gasteiger partial charge in [0.05, 0.1) is 6.61 Å². The zero-order valence-corrected chi connectivity index (χ0v) is 11.2. The minimum atomic E-state index is -4.82. The van der Waals surface area contributed by atoms with Crippen molar-refractivity contribution in [2.45, 2.75) is 25.9 Å². The van der Waals surface area contributed by atoms with Crippen molar-refractivity contribution in [2.24, 2.45) is 0 Å². The predicted octanol–water partition coefficient (Wildman–Crippen LogP) is 2.16. The molecular weight excluding hydrogens is 297 g/mol. The molecule has 0 saturated carbocycles. The third-order valence-electron chi connectivity index (χ3n) is 1.72. The maximum atomic E-state index is 11.8. The summed E-state index contributed by atoms with van der Waals surface area (Å²) in [5.74, 6) is -3.62. The third-order valence-corrected chi connectivity index (χ3v) is 1.72. The van der Waals surface area contributed by atoms with E-state index >= 15 is 0 Å². The number of ether oxygens (including phenoxy) is 1. The minimum absolute atomic E-state index is 0.0355. The average molecular weight is 312 g/mol. The number of esters is 1. The van der Waals surface area contributed by atoms with Crippen molar-refractivity contribution < 1.29 is 42.5 Å². The number of carbonyl (C=O) groups excluding carboxylic acids is 1. The van der Waals surface area contributed by atoms with Crippen LogP contribution in [0.4, 0.5) is 13.2 Å². The molecule has 120 valence electrons. The second-order valence-corrected chi connectivity index (χ2v) is 3.70. The van der Waals surface area contributed by atoms with E-state index in [4.69, 9.17) is 10.2 Å². The molecule has 0 unspecified atom stereocenters. The van der Waals surface area contributed by atoms with Crippen molar-refractivity contribution in [3.05, 3.63) is 24.3 Å². The van der Waals surface area contributed by atoms with Crippen molar-refractivity contribution in [3.8, 4) is 0 Å². The summed E-state index contributed by atoms with van der Waals surface area (Å²) in [6.45, 7) is 6.75. The number of hydrogen-bond donors (Lipinski definition) is 2. The Hall–Kier alpha value is -2.32. The number of hydrogen-bond acceptors (Lipinski definition) is 4. The molecule has 0 heterocycles. The molecular formula is C12H15F3O6. The smallest absolute Gasteiger partial charge is 0.422 e. The molecule has 0 saturated heterocycles. The molecule has 0 aromatic heterocycles. The first kappa shape index (κ1) is 21.0. The lowest BCUT2D eigenvalue weighted by Crippen LogP contribution is -2.21. The number of alkyl halides is 3. The number of rotatable bonds is 6. The largest absolute Gasteiger partial charge is 0.481 e. The molecule has 0 aromatic carbocycles. The lowest BCUT2D eigenvalue weighted by Gasteiger charge is -2.09. The summed E-state index contributed by atoms with van der Waals surface area (Å²) in [7, 11) is 0. The highest BCUT2D eigenvalue weighted by atomic mass is 19.4. The van der Waals surface area contributed by atoms with E-state index in [0.717, 1.165) is 0 Å². The molecule has 0 atom stereocenters. The van der Waals surface area contributed by atoms with E-state index in [9.17, 15) is 27.6 Å². The zero-order valence-electron chi connectivity index (χ0n) is 11.2. The van der Waals surface area contributed by atoms with E-state index in [-0.39, 0.29) is 25.0 Å². The Morgan fingerprint density at radius 3 is 1.86 bits per heavy atom. The molecule has 0 spiro atoms. The second-order valence-electron chi connectivity index (χ2n) is 3.70. The van der Waals surface area contributed by atoms with Crippen LogP contribution in [0.1, 0.15) is 19.8 Å². The van der Waals surface area contributed by atoms with Gasteiger partial charge in [-0.25, -0.2) is 9.59 Å². The predicted molar refractivity (Wildman–Crippen MR) is 65.5 cm³/mol. The highest BCUT2D eigenvalue weighted by Gasteiger charge is 2.37. The van der Waals surface area contributed by atoms with Gasteiger partial charge in [-0.3, -0.25) is 4.79 Å². The van der Waals surface area contributed by atoms with Crippen LogP contribution in [-0.2, 0) is 19.1 Å². The van der Waals surface area contributed by atoms with E-state index in [1.807, 2.05) is 0 Å². The summed E-state index contributed by atoms with van der Waals surface area (Å²) in [6, 6.07) is 0. The first-order chi connectivity index (χ1) is 9.39. The van der Waals surface area contributed by atoms with Gasteiger partial charge in [0, 0.05) is 12.0 Å². The second kappa shape index (κ2) is 9.56. The van der Waals surface area contributed by atoms with Crippen LogP contribution >= 0.6 is 0 Å². The molecule has 6 nitrogen and oxygen atoms in total. The number of halogens is 3. The molecule has 0 bridgehead atoms. The molecule has 9 heteroatoms. The van der Waals surface area contributed by atoms with Crippen molar-refractivity contribution in [1.82, 2.24) is 0 Å². The van der Waals surface area contributed by atoms with Crippen LogP contribution in [0.25, 0.3) is 0 Å². The van der Waals surface area contributed by atoms with Crippen LogP contribution in [0.15, 0.2) is 24.3 Å². The number of carboxylic acids is 2. The molecule has 0 fully saturated rings. The Bertz CT molecular complexity index is 413. The van der Waals surface area contributed by atoms with Gasteiger partial charge < -0.3 is 14.9 Å². The van der Waals surface area contributed by atoms with Gasteiger partial charge in [0.15, 0.2) is 0 Å². The highest BCUT2D eigenvalue weighted by molar-refractivity contribution is 5.89. The minimum Gasteiger partial charge on any atom is -0.481 e. The Morgan fingerprint density at radius 1 is 1.14 bits per heavy atom. The number of carboxylic acid groups (broad SMARTS) is 2. The maximum Gasteiger partial charge on any atom is 0.422 e. The number of aliphatic carboxylic acids is 2. The summed E-state index contributed by atoms with van der Waals surface area (Å²) in [5, 5.41) is 16.1. The molecule has 0 aromatic rings. The topological polar surface area (TPSA) is 101 Å². The Morgan fingerprint density at radius 2 is 1.57 bits per heavy atom. The van der Waals surface area contributed by atoms with Crippen LogP contribution in [0.2, 0.25) is 0 Å². The van der Waals surface area contributed by atoms with Gasteiger partial charge in [0.2, 0.25) is 0 Å². The molecule has 2 N–H and O–H groups in total. The average Bonchev–Trinajstić information content (AvgIpc) is 2.32. The maximum absolute atomic E-state index is 11.8. The van der Waals surface area contributed by atoms with Crippen molar-refractivity contribution >= 4 is 17.9 Å². The Labute approximate surface area is 118 Å². The van der Waals surface area contributed by atoms with E-state index in [1.165, 1.54) is 6.92 Å². The van der Waals surface area contributed by atoms with Gasteiger partial charge >= 0.3 is 24.1 Å². The Kier molecular flexibility index (Phi) is 9.56. The standard InChI is InChI=1S/C8H9F3O4.C4H6O2/c1-5(8(9,10)11)7(14)15-4-2-3-6(12)13;1-3(2)4(5)6/h1-4H2,(H,12,13);1H2,2H3,(H,5,6). The van der Waals surface area contributed by atoms with Crippen LogP contribution in [0, 0.1) is 0 Å². The summed E-state index contributed by atoms with van der Waals surface area (Å²) in [6.07, 6.45) is -5.12. The molecule has 0 amide bonds. The fourth-order valence-corrected chi connectivity index (χ4v) is 0.591. The normalized spacial score (nSPS) is 9.90. The van der Waals surface area contributed by atoms with Crippen LogP contribution in [0.3, 0.4) is 0 Å². The van der Waals surface area contributed by atoms with E-state index in [0.29, 0.717) is 0 Å². The summed E-state index contributed by atoms with van der Waals surface area (Å²) >= 11 is 0. The first-order valence-electron chi connectivity index (χ1n) is 5.43. The van der Waals surface area contributed by atoms with E-state index in [1.54, 1.807) is 0 Å². The first-order valence-corrected chi connectivity index (χ1v) is 5.43. The lowest BCUT2D eigenvalue weighted by molar-refractivity contribution is -0.151. The van der Waals surface area contributed by atoms with Gasteiger partial charge in [-0.1, -0.05) is 13.2 Å². The zero-order chi connectivity index (χ0) is 17.2. The van der Waals surface area contributed by atoms with Gasteiger partial charge in [0.25, 0.3) is 0 Å². The van der Waals surface area contributed by atoms with Gasteiger partial charge in [-0.05, 0) is 13.3 Å². The van der Waals surface area contributed by atoms with E-state index < -0.39 is 29.7 Å². The summed E-state index contributed by atoms with van der Waals surface area (Å²) in [4.78, 5) is 30.2. The molecule has 0 rings (SSSR count). The van der Waals surface area contributed by atoms with Gasteiger partial charge in [-0.15, -0.1) is 0 Å². The molecule has 21 heavy (non-hydrogen) atoms. The van der Waals surface area contributed by atoms with Gasteiger partial charge in [0.1, 0.15) is 5.57 Å². The molecule has 0 aliphatic carbocycles. The monoisotopic (exact) mass is 312 g/mol. The number of carbonyl (C=O) groups is 3. The van der Waals surface area contributed by atoms with Crippen molar-refractivity contribution in [2.75, 3.05) is 6.61 Å². The van der Waals surface area contributed by atoms with Crippen LogP contribution in [0.5, 0.6) is 0 Å². The Balaban J connectivity index is 0. The quantitative estimate of drug-likeness (QED) is 0.443. The lowest BCUT2D eigenvalue weighted by atomic mass is 10.3. The fraction of sp³-hybridized carbons (Fsp3) is 0.417. The van der Waals surface area contributed by atoms with Crippen molar-refractivity contribution in [3.63, 3.8) is 0 Å². The van der Waals surface area contributed by atoms with E-state index in [2.05, 4.69) is 17.9 Å². The molecule has 0 aliphatic heterocycles. The van der Waals surface area contributed by atoms with Crippen molar-refractivity contribution in [1.29, 1.82) is 0 Å². The van der Waals surface area contributed by atoms with Crippen LogP contribution < -0.4 is 0 Å².